The third-order valence-corrected chi connectivity index (χ3v) is 4.60. The fourth-order valence-corrected chi connectivity index (χ4v) is 3.35. The number of nitrogens with zero attached hydrogens (tertiary/aromatic N) is 4. The van der Waals surface area contributed by atoms with Gasteiger partial charge in [-0.15, -0.1) is 0 Å². The van der Waals surface area contributed by atoms with Crippen molar-refractivity contribution >= 4 is 17.6 Å². The van der Waals surface area contributed by atoms with Crippen LogP contribution in [0.3, 0.4) is 0 Å². The molecule has 0 unspecified atom stereocenters. The second-order valence-corrected chi connectivity index (χ2v) is 7.03. The van der Waals surface area contributed by atoms with Crippen molar-refractivity contribution in [1.29, 1.82) is 0 Å². The van der Waals surface area contributed by atoms with E-state index in [2.05, 4.69) is 44.2 Å². The van der Waals surface area contributed by atoms with Crippen molar-refractivity contribution in [2.45, 2.75) is 32.7 Å². The maximum absolute atomic E-state index is 12.7. The zero-order valence-corrected chi connectivity index (χ0v) is 15.9. The molecular weight excluding hydrogens is 359 g/mol. The Labute approximate surface area is 163 Å². The molecule has 7 nitrogen and oxygen atoms in total. The number of rotatable bonds is 5. The van der Waals surface area contributed by atoms with Crippen LogP contribution in [-0.2, 0) is 11.4 Å². The summed E-state index contributed by atoms with van der Waals surface area (Å²) in [6, 6.07) is 11.0. The quantitative estimate of drug-likeness (QED) is 0.701. The highest BCUT2D eigenvalue weighted by molar-refractivity contribution is 5.65. The molecule has 2 N–H and O–H groups in total. The second-order valence-electron chi connectivity index (χ2n) is 7.03. The number of benzene rings is 1. The largest absolute Gasteiger partial charge is 0.372 e. The lowest BCUT2D eigenvalue weighted by Crippen LogP contribution is -2.46. The number of hydrogen-bond donors (Lipinski definition) is 2. The summed E-state index contributed by atoms with van der Waals surface area (Å²) in [4.78, 5) is 11.2. The average molecular weight is 382 g/mol. The Balaban J connectivity index is 1.48. The molecule has 0 saturated carbocycles. The van der Waals surface area contributed by atoms with E-state index in [1.807, 2.05) is 18.2 Å². The molecule has 3 heterocycles. The summed E-state index contributed by atoms with van der Waals surface area (Å²) in [5.74, 6) is 1.99. The molecule has 0 amide bonds. The van der Waals surface area contributed by atoms with E-state index in [0.717, 1.165) is 24.3 Å². The molecule has 146 valence electrons. The lowest BCUT2D eigenvalue weighted by atomic mass is 10.1. The average Bonchev–Trinajstić information content (AvgIpc) is 3.16. The first-order valence-corrected chi connectivity index (χ1v) is 9.32. The van der Waals surface area contributed by atoms with Crippen molar-refractivity contribution in [3.05, 3.63) is 48.2 Å². The van der Waals surface area contributed by atoms with Gasteiger partial charge in [-0.25, -0.2) is 9.37 Å². The third kappa shape index (κ3) is 4.12. The number of hydrogen-bond acceptors (Lipinski definition) is 6. The number of aromatic amines is 1. The molecule has 3 aromatic rings. The van der Waals surface area contributed by atoms with Crippen LogP contribution < -0.4 is 10.2 Å². The van der Waals surface area contributed by atoms with Crippen LogP contribution in [0.2, 0.25) is 0 Å². The van der Waals surface area contributed by atoms with Crippen LogP contribution in [0.4, 0.5) is 22.0 Å². The molecule has 2 atom stereocenters. The number of H-pyrrole nitrogens is 1. The van der Waals surface area contributed by atoms with Crippen molar-refractivity contribution in [2.24, 2.45) is 0 Å². The molecule has 1 saturated heterocycles. The Kier molecular flexibility index (Phi) is 5.21. The first kappa shape index (κ1) is 18.4. The van der Waals surface area contributed by atoms with Crippen LogP contribution in [0, 0.1) is 0 Å². The van der Waals surface area contributed by atoms with Crippen LogP contribution in [0.1, 0.15) is 19.4 Å². The third-order valence-electron chi connectivity index (χ3n) is 4.60. The normalized spacial score (nSPS) is 19.6. The molecule has 1 aliphatic heterocycles. The number of alkyl halides is 1. The maximum atomic E-state index is 12.7. The Morgan fingerprint density at radius 1 is 1.14 bits per heavy atom. The molecule has 4 rings (SSSR count). The van der Waals surface area contributed by atoms with Gasteiger partial charge in [-0.3, -0.25) is 5.10 Å². The predicted molar refractivity (Wildman–Crippen MR) is 106 cm³/mol. The minimum atomic E-state index is -0.465. The van der Waals surface area contributed by atoms with E-state index in [0.29, 0.717) is 23.1 Å². The van der Waals surface area contributed by atoms with Gasteiger partial charge in [0, 0.05) is 25.4 Å². The van der Waals surface area contributed by atoms with Crippen molar-refractivity contribution in [2.75, 3.05) is 23.3 Å². The number of nitrogens with one attached hydrogen (secondary N) is 2. The topological polar surface area (TPSA) is 79.0 Å². The zero-order valence-electron chi connectivity index (χ0n) is 15.9. The molecule has 0 aliphatic carbocycles. The number of ether oxygens (including phenoxy) is 1. The van der Waals surface area contributed by atoms with Gasteiger partial charge in [0.2, 0.25) is 5.95 Å². The Bertz CT molecular complexity index is 918. The van der Waals surface area contributed by atoms with Crippen molar-refractivity contribution < 1.29 is 9.13 Å². The lowest BCUT2D eigenvalue weighted by molar-refractivity contribution is -0.00571. The van der Waals surface area contributed by atoms with Gasteiger partial charge >= 0.3 is 0 Å². The molecule has 1 aliphatic rings. The summed E-state index contributed by atoms with van der Waals surface area (Å²) < 4.78 is 18.4. The minimum Gasteiger partial charge on any atom is -0.372 e. The summed E-state index contributed by atoms with van der Waals surface area (Å²) >= 11 is 0. The van der Waals surface area contributed by atoms with Gasteiger partial charge in [0.1, 0.15) is 12.5 Å². The molecule has 2 aromatic heterocycles. The summed E-state index contributed by atoms with van der Waals surface area (Å²) in [5.41, 5.74) is 2.44. The Morgan fingerprint density at radius 3 is 2.61 bits per heavy atom. The van der Waals surface area contributed by atoms with Crippen LogP contribution in [0.5, 0.6) is 0 Å². The summed E-state index contributed by atoms with van der Waals surface area (Å²) in [7, 11) is 0. The van der Waals surface area contributed by atoms with Gasteiger partial charge in [0.25, 0.3) is 0 Å². The highest BCUT2D eigenvalue weighted by atomic mass is 19.1. The van der Waals surface area contributed by atoms with E-state index >= 15 is 0 Å². The first-order chi connectivity index (χ1) is 13.6. The molecular formula is C20H23FN6O. The first-order valence-electron chi connectivity index (χ1n) is 9.32. The van der Waals surface area contributed by atoms with E-state index in [-0.39, 0.29) is 12.2 Å². The molecule has 28 heavy (non-hydrogen) atoms. The molecule has 1 fully saturated rings. The van der Waals surface area contributed by atoms with Crippen LogP contribution in [0.25, 0.3) is 11.3 Å². The fourth-order valence-electron chi connectivity index (χ4n) is 3.35. The maximum Gasteiger partial charge on any atom is 0.227 e. The molecule has 0 bridgehead atoms. The Morgan fingerprint density at radius 2 is 1.89 bits per heavy atom. The van der Waals surface area contributed by atoms with E-state index in [1.54, 1.807) is 24.4 Å². The fraction of sp³-hybridized carbons (Fsp3) is 0.350. The van der Waals surface area contributed by atoms with E-state index < -0.39 is 6.67 Å². The van der Waals surface area contributed by atoms with Crippen LogP contribution in [0.15, 0.2) is 42.6 Å². The number of aromatic nitrogens is 4. The minimum absolute atomic E-state index is 0.140. The van der Waals surface area contributed by atoms with Crippen LogP contribution >= 0.6 is 0 Å². The van der Waals surface area contributed by atoms with E-state index in [1.165, 1.54) is 0 Å². The SMILES string of the molecule is C[C@@H]1CN(c2nccc(Nc3cc(-c4ccc(CF)cc4)[nH]n3)n2)C[C@H](C)O1. The number of halogens is 1. The molecule has 0 spiro atoms. The van der Waals surface area contributed by atoms with Gasteiger partial charge in [0.05, 0.1) is 17.9 Å². The van der Waals surface area contributed by atoms with E-state index in [4.69, 9.17) is 4.74 Å². The number of morpholine rings is 1. The van der Waals surface area contributed by atoms with Crippen LogP contribution in [-0.4, -0.2) is 45.5 Å². The summed E-state index contributed by atoms with van der Waals surface area (Å²) in [6.07, 6.45) is 2.02. The van der Waals surface area contributed by atoms with E-state index in [9.17, 15) is 4.39 Å². The lowest BCUT2D eigenvalue weighted by Gasteiger charge is -2.35. The van der Waals surface area contributed by atoms with Crippen molar-refractivity contribution in [3.8, 4) is 11.3 Å². The highest BCUT2D eigenvalue weighted by Gasteiger charge is 2.24. The van der Waals surface area contributed by atoms with Gasteiger partial charge in [-0.05, 0) is 31.0 Å². The molecule has 1 aromatic carbocycles. The van der Waals surface area contributed by atoms with Gasteiger partial charge in [-0.2, -0.15) is 10.1 Å². The van der Waals surface area contributed by atoms with Gasteiger partial charge in [-0.1, -0.05) is 24.3 Å². The second kappa shape index (κ2) is 7.93. The number of anilines is 3. The van der Waals surface area contributed by atoms with Gasteiger partial charge in [0.15, 0.2) is 5.82 Å². The van der Waals surface area contributed by atoms with Crippen molar-refractivity contribution in [3.63, 3.8) is 0 Å². The monoisotopic (exact) mass is 382 g/mol. The molecule has 8 heteroatoms. The zero-order chi connectivity index (χ0) is 19.5. The standard InChI is InChI=1S/C20H23FN6O/c1-13-11-27(12-14(2)28-13)20-22-8-7-18(24-20)23-19-9-17(25-26-19)16-5-3-15(10-21)4-6-16/h3-9,13-14H,10-12H2,1-2H3,(H2,22,23,24,25,26)/t13-,14+. The molecule has 0 radical (unpaired) electrons. The summed E-state index contributed by atoms with van der Waals surface area (Å²) in [5, 5.41) is 10.5. The van der Waals surface area contributed by atoms with Gasteiger partial charge < -0.3 is 15.0 Å². The summed E-state index contributed by atoms with van der Waals surface area (Å²) in [6.45, 7) is 5.16. The Hall–Kier alpha value is -3.00. The van der Waals surface area contributed by atoms with Crippen molar-refractivity contribution in [1.82, 2.24) is 20.2 Å². The smallest absolute Gasteiger partial charge is 0.227 e. The highest BCUT2D eigenvalue weighted by Crippen LogP contribution is 2.23. The predicted octanol–water partition coefficient (Wildman–Crippen LogP) is 3.69.